The molecule has 0 saturated carbocycles. The SMILES string of the molecule is COc1ccc2c(Nc3c(Cl)cncc3Cl)cc(=O)oc2c1OCCCCCCCc1ccc(OCc2scc3c2CN(C2CCC(=O)NC2=O)C3=O)cc1. The molecule has 5 aromatic rings. The van der Waals surface area contributed by atoms with Crippen molar-refractivity contribution in [1.29, 1.82) is 0 Å². The van der Waals surface area contributed by atoms with E-state index in [0.29, 0.717) is 70.0 Å². The quantitative estimate of drug-likeness (QED) is 0.0568. The lowest BCUT2D eigenvalue weighted by Crippen LogP contribution is -2.52. The highest BCUT2D eigenvalue weighted by Crippen LogP contribution is 2.40. The molecule has 12 nitrogen and oxygen atoms in total. The molecule has 0 spiro atoms. The van der Waals surface area contributed by atoms with E-state index in [-0.39, 0.29) is 23.8 Å². The number of ether oxygens (including phenoxy) is 3. The molecule has 2 aliphatic heterocycles. The van der Waals surface area contributed by atoms with Crippen LogP contribution in [0.5, 0.6) is 17.2 Å². The number of amides is 3. The Morgan fingerprint density at radius 2 is 1.75 bits per heavy atom. The van der Waals surface area contributed by atoms with Gasteiger partial charge in [0.05, 0.1) is 40.7 Å². The number of hydrogen-bond acceptors (Lipinski definition) is 11. The maximum atomic E-state index is 13.0. The van der Waals surface area contributed by atoms with E-state index >= 15 is 0 Å². The molecular formula is C40H38Cl2N4O8S. The number of unbranched alkanes of at least 4 members (excludes halogenated alkanes) is 4. The summed E-state index contributed by atoms with van der Waals surface area (Å²) in [6.45, 7) is 1.09. The van der Waals surface area contributed by atoms with E-state index in [1.165, 1.54) is 42.5 Å². The van der Waals surface area contributed by atoms with Crippen molar-refractivity contribution in [2.45, 2.75) is 70.6 Å². The Hall–Kier alpha value is -5.11. The van der Waals surface area contributed by atoms with E-state index in [9.17, 15) is 19.2 Å². The van der Waals surface area contributed by atoms with Gasteiger partial charge < -0.3 is 28.8 Å². The number of halogens is 2. The highest BCUT2D eigenvalue weighted by Gasteiger charge is 2.40. The normalized spacial score (nSPS) is 15.3. The monoisotopic (exact) mass is 804 g/mol. The first-order valence-corrected chi connectivity index (χ1v) is 19.6. The lowest BCUT2D eigenvalue weighted by atomic mass is 10.0. The van der Waals surface area contributed by atoms with E-state index in [4.69, 9.17) is 41.8 Å². The molecule has 1 fully saturated rings. The number of hydrogen-bond donors (Lipinski definition) is 2. The van der Waals surface area contributed by atoms with Crippen molar-refractivity contribution in [3.05, 3.63) is 102 Å². The largest absolute Gasteiger partial charge is 0.493 e. The maximum Gasteiger partial charge on any atom is 0.338 e. The lowest BCUT2D eigenvalue weighted by Gasteiger charge is -2.29. The second-order valence-corrected chi connectivity index (χ2v) is 15.1. The zero-order chi connectivity index (χ0) is 38.5. The third-order valence-corrected chi connectivity index (χ3v) is 11.3. The van der Waals surface area contributed by atoms with Crippen LogP contribution in [0.1, 0.15) is 71.3 Å². The number of pyridine rings is 1. The Labute approximate surface area is 330 Å². The van der Waals surface area contributed by atoms with E-state index in [0.717, 1.165) is 54.7 Å². The number of nitrogens with zero attached hydrogens (tertiary/aromatic N) is 2. The molecule has 3 amide bonds. The zero-order valence-electron chi connectivity index (χ0n) is 30.0. The average molecular weight is 806 g/mol. The number of benzene rings is 2. The van der Waals surface area contributed by atoms with Crippen LogP contribution in [0.25, 0.3) is 11.0 Å². The van der Waals surface area contributed by atoms with E-state index in [2.05, 4.69) is 27.8 Å². The highest BCUT2D eigenvalue weighted by atomic mass is 35.5. The summed E-state index contributed by atoms with van der Waals surface area (Å²) in [6, 6.07) is 12.3. The highest BCUT2D eigenvalue weighted by molar-refractivity contribution is 7.10. The van der Waals surface area contributed by atoms with Gasteiger partial charge in [-0.2, -0.15) is 0 Å². The fourth-order valence-electron chi connectivity index (χ4n) is 6.81. The Bertz CT molecular complexity index is 2270. The van der Waals surface area contributed by atoms with Gasteiger partial charge in [-0.1, -0.05) is 54.6 Å². The van der Waals surface area contributed by atoms with Gasteiger partial charge in [0.2, 0.25) is 17.6 Å². The van der Waals surface area contributed by atoms with Gasteiger partial charge in [-0.3, -0.25) is 24.7 Å². The summed E-state index contributed by atoms with van der Waals surface area (Å²) < 4.78 is 23.3. The number of aryl methyl sites for hydroxylation is 1. The fraction of sp³-hybridized carbons (Fsp3) is 0.325. The van der Waals surface area contributed by atoms with Crippen LogP contribution < -0.4 is 30.5 Å². The number of methoxy groups -OCH3 is 1. The summed E-state index contributed by atoms with van der Waals surface area (Å²) in [5.74, 6) is 0.660. The van der Waals surface area contributed by atoms with Gasteiger partial charge in [0.1, 0.15) is 18.4 Å². The van der Waals surface area contributed by atoms with Gasteiger partial charge in [-0.05, 0) is 55.5 Å². The summed E-state index contributed by atoms with van der Waals surface area (Å²) in [7, 11) is 1.53. The number of rotatable bonds is 16. The Kier molecular flexibility index (Phi) is 11.9. The van der Waals surface area contributed by atoms with Gasteiger partial charge in [0.15, 0.2) is 11.3 Å². The van der Waals surface area contributed by atoms with Crippen LogP contribution >= 0.6 is 34.5 Å². The molecule has 7 rings (SSSR count). The van der Waals surface area contributed by atoms with E-state index < -0.39 is 17.6 Å². The topological polar surface area (TPSA) is 149 Å². The summed E-state index contributed by atoms with van der Waals surface area (Å²) in [5.41, 5.74) is 3.30. The smallest absolute Gasteiger partial charge is 0.338 e. The molecule has 2 aromatic carbocycles. The fourth-order valence-corrected chi connectivity index (χ4v) is 8.22. The molecule has 1 saturated heterocycles. The summed E-state index contributed by atoms with van der Waals surface area (Å²) >= 11 is 14.1. The maximum absolute atomic E-state index is 13.0. The van der Waals surface area contributed by atoms with Crippen LogP contribution in [-0.4, -0.2) is 47.4 Å². The third kappa shape index (κ3) is 8.59. The van der Waals surface area contributed by atoms with Gasteiger partial charge in [0.25, 0.3) is 5.91 Å². The summed E-state index contributed by atoms with van der Waals surface area (Å²) in [4.78, 5) is 56.0. The van der Waals surface area contributed by atoms with Gasteiger partial charge in [0, 0.05) is 52.6 Å². The molecule has 286 valence electrons. The van der Waals surface area contributed by atoms with Crippen LogP contribution in [0.2, 0.25) is 10.0 Å². The molecule has 3 aromatic heterocycles. The van der Waals surface area contributed by atoms with Gasteiger partial charge in [-0.15, -0.1) is 11.3 Å². The van der Waals surface area contributed by atoms with Crippen molar-refractivity contribution in [3.63, 3.8) is 0 Å². The van der Waals surface area contributed by atoms with E-state index in [1.807, 2.05) is 17.5 Å². The Balaban J connectivity index is 0.844. The van der Waals surface area contributed by atoms with Crippen molar-refractivity contribution >= 4 is 74.6 Å². The summed E-state index contributed by atoms with van der Waals surface area (Å²) in [5, 5.41) is 8.52. The van der Waals surface area contributed by atoms with Crippen molar-refractivity contribution in [1.82, 2.24) is 15.2 Å². The Morgan fingerprint density at radius 3 is 2.51 bits per heavy atom. The molecule has 5 heterocycles. The molecule has 2 N–H and O–H groups in total. The number of anilines is 2. The van der Waals surface area contributed by atoms with Gasteiger partial charge in [-0.25, -0.2) is 4.79 Å². The Morgan fingerprint density at radius 1 is 0.982 bits per heavy atom. The first-order chi connectivity index (χ1) is 26.7. The predicted octanol–water partition coefficient (Wildman–Crippen LogP) is 8.22. The van der Waals surface area contributed by atoms with E-state index in [1.54, 1.807) is 17.0 Å². The third-order valence-electron chi connectivity index (χ3n) is 9.70. The average Bonchev–Trinajstić information content (AvgIpc) is 3.72. The van der Waals surface area contributed by atoms with Gasteiger partial charge >= 0.3 is 5.63 Å². The van der Waals surface area contributed by atoms with Crippen LogP contribution in [0.3, 0.4) is 0 Å². The molecule has 0 radical (unpaired) electrons. The van der Waals surface area contributed by atoms with Crippen molar-refractivity contribution in [2.75, 3.05) is 19.0 Å². The minimum atomic E-state index is -0.630. The molecule has 2 aliphatic rings. The van der Waals surface area contributed by atoms with Crippen LogP contribution in [0.15, 0.2) is 69.5 Å². The number of carbonyl (C=O) groups is 3. The molecule has 1 atom stereocenters. The number of piperidine rings is 1. The predicted molar refractivity (Wildman–Crippen MR) is 210 cm³/mol. The number of carbonyl (C=O) groups excluding carboxylic acids is 3. The standard InChI is InChI=1S/C40H38Cl2N4O8S/c1-51-32-14-12-25-30(44-36-28(41)18-43-19-29(36)42)17-35(48)54-37(25)38(32)52-16-6-4-2-3-5-7-23-8-10-24(11-9-23)53-21-33-26-20-46(40(50)27(26)22-55-33)31-13-15-34(47)45-39(31)49/h8-12,14,17-19,22,31H,2-7,13,15-16,20-21H2,1H3,(H,43,44)(H,45,47,49). The molecule has 55 heavy (non-hydrogen) atoms. The van der Waals surface area contributed by atoms with Crippen LogP contribution in [-0.2, 0) is 29.2 Å². The second kappa shape index (κ2) is 17.1. The second-order valence-electron chi connectivity index (χ2n) is 13.3. The first kappa shape index (κ1) is 38.2. The molecule has 1 unspecified atom stereocenters. The molecule has 15 heteroatoms. The lowest BCUT2D eigenvalue weighted by molar-refractivity contribution is -0.136. The summed E-state index contributed by atoms with van der Waals surface area (Å²) in [6.07, 6.45) is 9.38. The molecule has 0 aliphatic carbocycles. The minimum absolute atomic E-state index is 0.175. The van der Waals surface area contributed by atoms with Crippen molar-refractivity contribution in [2.24, 2.45) is 0 Å². The van der Waals surface area contributed by atoms with Crippen LogP contribution in [0, 0.1) is 0 Å². The number of fused-ring (bicyclic) bond motifs is 2. The minimum Gasteiger partial charge on any atom is -0.493 e. The van der Waals surface area contributed by atoms with Crippen molar-refractivity contribution in [3.8, 4) is 17.2 Å². The molecular weight excluding hydrogens is 767 g/mol. The number of thiophene rings is 1. The number of imide groups is 1. The van der Waals surface area contributed by atoms with Crippen LogP contribution in [0.4, 0.5) is 11.4 Å². The van der Waals surface area contributed by atoms with Crippen molar-refractivity contribution < 1.29 is 33.0 Å². The molecule has 0 bridgehead atoms. The zero-order valence-corrected chi connectivity index (χ0v) is 32.3. The first-order valence-electron chi connectivity index (χ1n) is 18.0. The number of aromatic nitrogens is 1. The number of nitrogens with one attached hydrogen (secondary N) is 2.